The average molecular weight is 514 g/mol. The number of carbonyl (C=O) groups is 1. The highest BCUT2D eigenvalue weighted by atomic mass is 19.1. The van der Waals surface area contributed by atoms with Crippen LogP contribution < -0.4 is 4.74 Å². The van der Waals surface area contributed by atoms with E-state index < -0.39 is 0 Å². The van der Waals surface area contributed by atoms with E-state index in [2.05, 4.69) is 48.7 Å². The van der Waals surface area contributed by atoms with E-state index in [1.807, 2.05) is 23.1 Å². The molecule has 4 aromatic rings. The van der Waals surface area contributed by atoms with Gasteiger partial charge in [-0.25, -0.2) is 9.37 Å². The number of aryl methyl sites for hydroxylation is 1. The van der Waals surface area contributed by atoms with Crippen LogP contribution in [0.3, 0.4) is 0 Å². The molecule has 0 saturated carbocycles. The third kappa shape index (κ3) is 5.90. The molecule has 2 heterocycles. The quantitative estimate of drug-likeness (QED) is 0.202. The topological polar surface area (TPSA) is 47.4 Å². The Morgan fingerprint density at radius 1 is 1.03 bits per heavy atom. The van der Waals surface area contributed by atoms with E-state index in [0.29, 0.717) is 32.0 Å². The normalized spacial score (nSPS) is 16.3. The minimum absolute atomic E-state index is 0.0376. The number of para-hydroxylation sites is 2. The van der Waals surface area contributed by atoms with Crippen molar-refractivity contribution in [1.82, 2.24) is 14.5 Å². The molecule has 2 unspecified atom stereocenters. The molecule has 3 aromatic carbocycles. The number of amides is 1. The maximum absolute atomic E-state index is 13.3. The maximum Gasteiger partial charge on any atom is 0.223 e. The molecule has 1 fully saturated rings. The van der Waals surface area contributed by atoms with Crippen LogP contribution >= 0.6 is 0 Å². The zero-order valence-electron chi connectivity index (χ0n) is 22.3. The molecule has 5 nitrogen and oxygen atoms in total. The largest absolute Gasteiger partial charge is 0.494 e. The van der Waals surface area contributed by atoms with E-state index in [9.17, 15) is 9.18 Å². The lowest BCUT2D eigenvalue weighted by molar-refractivity contribution is -0.128. The van der Waals surface area contributed by atoms with E-state index in [1.54, 1.807) is 12.1 Å². The van der Waals surface area contributed by atoms with Gasteiger partial charge in [-0.1, -0.05) is 50.2 Å². The van der Waals surface area contributed by atoms with Crippen LogP contribution in [-0.2, 0) is 17.9 Å². The molecule has 1 saturated heterocycles. The summed E-state index contributed by atoms with van der Waals surface area (Å²) in [5.74, 6) is 2.34. The van der Waals surface area contributed by atoms with Gasteiger partial charge in [0.25, 0.3) is 0 Å². The van der Waals surface area contributed by atoms with E-state index in [-0.39, 0.29) is 17.6 Å². The number of ether oxygens (including phenoxy) is 1. The van der Waals surface area contributed by atoms with Crippen LogP contribution in [-0.4, -0.2) is 33.5 Å². The van der Waals surface area contributed by atoms with Gasteiger partial charge >= 0.3 is 0 Å². The van der Waals surface area contributed by atoms with Gasteiger partial charge in [0.1, 0.15) is 17.4 Å². The van der Waals surface area contributed by atoms with Gasteiger partial charge in [0.2, 0.25) is 5.91 Å². The molecule has 0 N–H and O–H groups in total. The summed E-state index contributed by atoms with van der Waals surface area (Å²) < 4.78 is 21.6. The van der Waals surface area contributed by atoms with Gasteiger partial charge in [-0.3, -0.25) is 4.79 Å². The molecule has 38 heavy (non-hydrogen) atoms. The Balaban J connectivity index is 1.21. The van der Waals surface area contributed by atoms with Gasteiger partial charge in [-0.05, 0) is 72.7 Å². The second-order valence-electron chi connectivity index (χ2n) is 10.3. The smallest absolute Gasteiger partial charge is 0.223 e. The molecule has 0 radical (unpaired) electrons. The fraction of sp³-hybridized carbons (Fsp3) is 0.375. The third-order valence-electron chi connectivity index (χ3n) is 7.66. The number of nitrogens with zero attached hydrogens (tertiary/aromatic N) is 3. The summed E-state index contributed by atoms with van der Waals surface area (Å²) in [6.45, 7) is 7.06. The van der Waals surface area contributed by atoms with Crippen molar-refractivity contribution in [3.63, 3.8) is 0 Å². The fourth-order valence-corrected chi connectivity index (χ4v) is 5.24. The van der Waals surface area contributed by atoms with Crippen molar-refractivity contribution >= 4 is 16.9 Å². The SMILES string of the molecule is CCC(C)c1ccc(OCCCCn2c(C3CC(=O)N(Cc4ccc(F)cc4)C3)nc3ccccc32)cc1. The first-order chi connectivity index (χ1) is 18.5. The Bertz CT molecular complexity index is 1360. The number of unbranched alkanes of at least 4 members (excludes halogenated alkanes) is 1. The summed E-state index contributed by atoms with van der Waals surface area (Å²) in [4.78, 5) is 19.7. The van der Waals surface area contributed by atoms with E-state index in [0.717, 1.165) is 54.0 Å². The van der Waals surface area contributed by atoms with Gasteiger partial charge in [-0.15, -0.1) is 0 Å². The number of benzene rings is 3. The lowest BCUT2D eigenvalue weighted by atomic mass is 9.99. The highest BCUT2D eigenvalue weighted by molar-refractivity contribution is 5.81. The van der Waals surface area contributed by atoms with Gasteiger partial charge in [0.15, 0.2) is 0 Å². The first-order valence-corrected chi connectivity index (χ1v) is 13.7. The molecule has 1 aromatic heterocycles. The lowest BCUT2D eigenvalue weighted by Crippen LogP contribution is -2.24. The number of carbonyl (C=O) groups excluding carboxylic acids is 1. The summed E-state index contributed by atoms with van der Waals surface area (Å²) in [5, 5.41) is 0. The minimum atomic E-state index is -0.266. The van der Waals surface area contributed by atoms with Crippen LogP contribution in [0.15, 0.2) is 72.8 Å². The van der Waals surface area contributed by atoms with Gasteiger partial charge in [-0.2, -0.15) is 0 Å². The lowest BCUT2D eigenvalue weighted by Gasteiger charge is -2.17. The van der Waals surface area contributed by atoms with Crippen molar-refractivity contribution in [2.24, 2.45) is 0 Å². The zero-order chi connectivity index (χ0) is 26.5. The first-order valence-electron chi connectivity index (χ1n) is 13.7. The predicted octanol–water partition coefficient (Wildman–Crippen LogP) is 7.06. The van der Waals surface area contributed by atoms with Gasteiger partial charge < -0.3 is 14.2 Å². The maximum atomic E-state index is 13.3. The van der Waals surface area contributed by atoms with Crippen molar-refractivity contribution < 1.29 is 13.9 Å². The van der Waals surface area contributed by atoms with Gasteiger partial charge in [0, 0.05) is 32.0 Å². The molecule has 1 aliphatic heterocycles. The van der Waals surface area contributed by atoms with Crippen molar-refractivity contribution in [1.29, 1.82) is 0 Å². The number of fused-ring (bicyclic) bond motifs is 1. The van der Waals surface area contributed by atoms with Crippen molar-refractivity contribution in [2.45, 2.75) is 64.5 Å². The van der Waals surface area contributed by atoms with Gasteiger partial charge in [0.05, 0.1) is 17.6 Å². The highest BCUT2D eigenvalue weighted by Crippen LogP contribution is 2.31. The molecular formula is C32H36FN3O2. The van der Waals surface area contributed by atoms with Crippen LogP contribution in [0.25, 0.3) is 11.0 Å². The molecule has 0 bridgehead atoms. The molecule has 0 aliphatic carbocycles. The van der Waals surface area contributed by atoms with Crippen LogP contribution in [0.4, 0.5) is 4.39 Å². The molecule has 2 atom stereocenters. The third-order valence-corrected chi connectivity index (χ3v) is 7.66. The molecule has 1 aliphatic rings. The van der Waals surface area contributed by atoms with Crippen LogP contribution in [0.5, 0.6) is 5.75 Å². The number of halogens is 1. The minimum Gasteiger partial charge on any atom is -0.494 e. The fourth-order valence-electron chi connectivity index (χ4n) is 5.24. The van der Waals surface area contributed by atoms with Crippen molar-refractivity contribution in [3.05, 3.63) is 95.6 Å². The predicted molar refractivity (Wildman–Crippen MR) is 149 cm³/mol. The number of hydrogen-bond acceptors (Lipinski definition) is 3. The zero-order valence-corrected chi connectivity index (χ0v) is 22.3. The number of rotatable bonds is 11. The highest BCUT2D eigenvalue weighted by Gasteiger charge is 2.34. The molecule has 1 amide bonds. The van der Waals surface area contributed by atoms with Crippen LogP contribution in [0.1, 0.15) is 68.3 Å². The molecule has 198 valence electrons. The molecule has 0 spiro atoms. The summed E-state index contributed by atoms with van der Waals surface area (Å²) in [7, 11) is 0. The standard InChI is InChI=1S/C32H36FN3O2/c1-3-23(2)25-12-16-28(17-13-25)38-19-7-6-18-36-30-9-5-4-8-29(30)34-32(36)26-20-31(37)35(22-26)21-24-10-14-27(33)15-11-24/h4-5,8-17,23,26H,3,6-7,18-22H2,1-2H3. The van der Waals surface area contributed by atoms with Crippen LogP contribution in [0, 0.1) is 5.82 Å². The number of hydrogen-bond donors (Lipinski definition) is 0. The van der Waals surface area contributed by atoms with E-state index in [4.69, 9.17) is 9.72 Å². The summed E-state index contributed by atoms with van der Waals surface area (Å²) in [6, 6.07) is 23.0. The average Bonchev–Trinajstić information content (AvgIpc) is 3.49. The molecular weight excluding hydrogens is 477 g/mol. The second-order valence-corrected chi connectivity index (χ2v) is 10.3. The Labute approximate surface area is 224 Å². The molecule has 5 rings (SSSR count). The monoisotopic (exact) mass is 513 g/mol. The van der Waals surface area contributed by atoms with E-state index in [1.165, 1.54) is 17.7 Å². The van der Waals surface area contributed by atoms with Crippen molar-refractivity contribution in [2.75, 3.05) is 13.2 Å². The number of aromatic nitrogens is 2. The Hall–Kier alpha value is -3.67. The van der Waals surface area contributed by atoms with Crippen molar-refractivity contribution in [3.8, 4) is 5.75 Å². The Kier molecular flexibility index (Phi) is 8.06. The second kappa shape index (κ2) is 11.8. The Morgan fingerprint density at radius 3 is 2.55 bits per heavy atom. The summed E-state index contributed by atoms with van der Waals surface area (Å²) in [6.07, 6.45) is 3.46. The number of imidazole rings is 1. The number of likely N-dealkylation sites (tertiary alicyclic amines) is 1. The van der Waals surface area contributed by atoms with Crippen LogP contribution in [0.2, 0.25) is 0 Å². The van der Waals surface area contributed by atoms with E-state index >= 15 is 0 Å². The molecule has 6 heteroatoms. The first kappa shape index (κ1) is 26.0. The Morgan fingerprint density at radius 2 is 1.79 bits per heavy atom. The summed E-state index contributed by atoms with van der Waals surface area (Å²) in [5.41, 5.74) is 4.35. The summed E-state index contributed by atoms with van der Waals surface area (Å²) >= 11 is 0.